The van der Waals surface area contributed by atoms with Crippen LogP contribution in [0.5, 0.6) is 23.0 Å². The Bertz CT molecular complexity index is 1290. The van der Waals surface area contributed by atoms with Crippen molar-refractivity contribution in [3.8, 4) is 45.5 Å². The van der Waals surface area contributed by atoms with Gasteiger partial charge in [-0.15, -0.1) is 0 Å². The molecule has 210 valence electrons. The smallest absolute Gasteiger partial charge is 0.206 e. The molecule has 0 bridgehead atoms. The lowest BCUT2D eigenvalue weighted by atomic mass is 10.1. The van der Waals surface area contributed by atoms with Crippen LogP contribution in [0.25, 0.3) is 22.5 Å². The maximum absolute atomic E-state index is 14.3. The Morgan fingerprint density at radius 1 is 0.575 bits per heavy atom. The summed E-state index contributed by atoms with van der Waals surface area (Å²) in [6.07, 6.45) is 3.55. The molecule has 0 unspecified atom stereocenters. The number of hydrogen-bond acceptors (Lipinski definition) is 8. The molecule has 0 amide bonds. The molecule has 4 rings (SSSR count). The third-order valence-corrected chi connectivity index (χ3v) is 6.63. The first-order chi connectivity index (χ1) is 19.3. The van der Waals surface area contributed by atoms with Crippen LogP contribution in [0.4, 0.5) is 20.2 Å². The predicted octanol–water partition coefficient (Wildman–Crippen LogP) is 5.70. The largest absolute Gasteiger partial charge is 0.494 e. The predicted molar refractivity (Wildman–Crippen MR) is 152 cm³/mol. The van der Waals surface area contributed by atoms with Gasteiger partial charge in [-0.3, -0.25) is 9.97 Å². The first kappa shape index (κ1) is 28.4. The van der Waals surface area contributed by atoms with Crippen LogP contribution in [-0.4, -0.2) is 65.6 Å². The Balaban J connectivity index is 1.40. The Hall–Kier alpha value is -4.60. The van der Waals surface area contributed by atoms with E-state index >= 15 is 0 Å². The van der Waals surface area contributed by atoms with Crippen LogP contribution < -0.4 is 28.7 Å². The van der Waals surface area contributed by atoms with Crippen molar-refractivity contribution in [1.29, 1.82) is 0 Å². The van der Waals surface area contributed by atoms with Crippen LogP contribution in [0.3, 0.4) is 0 Å². The molecule has 0 aliphatic rings. The molecule has 0 saturated heterocycles. The Kier molecular flexibility index (Phi) is 8.88. The highest BCUT2D eigenvalue weighted by atomic mass is 19.1. The minimum Gasteiger partial charge on any atom is -0.494 e. The van der Waals surface area contributed by atoms with E-state index in [4.69, 9.17) is 18.9 Å². The van der Waals surface area contributed by atoms with E-state index in [1.165, 1.54) is 28.4 Å². The molecule has 2 aromatic carbocycles. The molecule has 2 aromatic heterocycles. The van der Waals surface area contributed by atoms with Crippen molar-refractivity contribution in [1.82, 2.24) is 9.97 Å². The van der Waals surface area contributed by atoms with Crippen molar-refractivity contribution in [2.24, 2.45) is 0 Å². The summed E-state index contributed by atoms with van der Waals surface area (Å²) in [5.41, 5.74) is 4.61. The number of pyridine rings is 2. The molecule has 40 heavy (non-hydrogen) atoms. The van der Waals surface area contributed by atoms with E-state index in [0.717, 1.165) is 24.5 Å². The number of benzene rings is 2. The van der Waals surface area contributed by atoms with E-state index in [9.17, 15) is 8.78 Å². The molecular formula is C30H32F2N4O4. The summed E-state index contributed by atoms with van der Waals surface area (Å²) in [7, 11) is 9.63. The molecule has 0 N–H and O–H groups in total. The molecule has 0 saturated carbocycles. The van der Waals surface area contributed by atoms with Crippen molar-refractivity contribution in [3.05, 3.63) is 72.6 Å². The molecule has 0 atom stereocenters. The van der Waals surface area contributed by atoms with E-state index in [1.807, 2.05) is 38.4 Å². The van der Waals surface area contributed by atoms with Gasteiger partial charge in [0.05, 0.1) is 63.6 Å². The third-order valence-electron chi connectivity index (χ3n) is 6.63. The van der Waals surface area contributed by atoms with Crippen molar-refractivity contribution in [2.45, 2.75) is 0 Å². The van der Waals surface area contributed by atoms with Gasteiger partial charge in [0.1, 0.15) is 0 Å². The lowest BCUT2D eigenvalue weighted by Crippen LogP contribution is -2.30. The Morgan fingerprint density at radius 3 is 1.15 bits per heavy atom. The van der Waals surface area contributed by atoms with E-state index < -0.39 is 11.6 Å². The van der Waals surface area contributed by atoms with Crippen LogP contribution in [0.2, 0.25) is 0 Å². The van der Waals surface area contributed by atoms with Crippen LogP contribution in [0.15, 0.2) is 60.9 Å². The number of anilines is 2. The number of halogens is 2. The summed E-state index contributed by atoms with van der Waals surface area (Å²) >= 11 is 0. The lowest BCUT2D eigenvalue weighted by Gasteiger charge is -2.25. The minimum atomic E-state index is -0.546. The van der Waals surface area contributed by atoms with E-state index in [2.05, 4.69) is 19.8 Å². The maximum atomic E-state index is 14.3. The fourth-order valence-electron chi connectivity index (χ4n) is 4.16. The van der Waals surface area contributed by atoms with Gasteiger partial charge >= 0.3 is 0 Å². The second-order valence-electron chi connectivity index (χ2n) is 9.04. The highest BCUT2D eigenvalue weighted by Crippen LogP contribution is 2.34. The van der Waals surface area contributed by atoms with E-state index in [0.29, 0.717) is 22.5 Å². The molecular weight excluding hydrogens is 518 g/mol. The number of rotatable bonds is 11. The molecule has 0 radical (unpaired) electrons. The number of aromatic nitrogens is 2. The number of nitrogens with zero attached hydrogens (tertiary/aromatic N) is 4. The van der Waals surface area contributed by atoms with Gasteiger partial charge in [0, 0.05) is 38.3 Å². The topological polar surface area (TPSA) is 69.2 Å². The molecule has 2 heterocycles. The average Bonchev–Trinajstić information content (AvgIpc) is 3.00. The SMILES string of the molecule is COc1cc(-c2ccc(N(C)CCN(C)c3ccc(-c4cc(OC)c(F)c(OC)c4)nc3)cn2)cc(OC)c1F. The lowest BCUT2D eigenvalue weighted by molar-refractivity contribution is 0.351. The number of hydrogen-bond donors (Lipinski definition) is 0. The average molecular weight is 551 g/mol. The molecule has 0 aliphatic carbocycles. The zero-order valence-corrected chi connectivity index (χ0v) is 23.4. The first-order valence-electron chi connectivity index (χ1n) is 12.5. The van der Waals surface area contributed by atoms with Crippen molar-refractivity contribution in [2.75, 3.05) is 65.4 Å². The Morgan fingerprint density at radius 2 is 0.900 bits per heavy atom. The van der Waals surface area contributed by atoms with Crippen molar-refractivity contribution >= 4 is 11.4 Å². The fraction of sp³-hybridized carbons (Fsp3) is 0.267. The van der Waals surface area contributed by atoms with Gasteiger partial charge in [-0.25, -0.2) is 0 Å². The number of methoxy groups -OCH3 is 4. The molecule has 0 spiro atoms. The van der Waals surface area contributed by atoms with Crippen molar-refractivity contribution in [3.63, 3.8) is 0 Å². The molecule has 0 fully saturated rings. The molecule has 4 aromatic rings. The van der Waals surface area contributed by atoms with Crippen molar-refractivity contribution < 1.29 is 27.7 Å². The summed E-state index contributed by atoms with van der Waals surface area (Å²) in [5, 5.41) is 0. The maximum Gasteiger partial charge on any atom is 0.206 e. The van der Waals surface area contributed by atoms with E-state index in [-0.39, 0.29) is 23.0 Å². The first-order valence-corrected chi connectivity index (χ1v) is 12.5. The number of likely N-dealkylation sites (N-methyl/N-ethyl adjacent to an activating group) is 2. The normalized spacial score (nSPS) is 10.7. The fourth-order valence-corrected chi connectivity index (χ4v) is 4.16. The van der Waals surface area contributed by atoms with Gasteiger partial charge in [0.15, 0.2) is 23.0 Å². The Labute approximate surface area is 232 Å². The van der Waals surface area contributed by atoms with Gasteiger partial charge < -0.3 is 28.7 Å². The second kappa shape index (κ2) is 12.5. The summed E-state index contributed by atoms with van der Waals surface area (Å²) < 4.78 is 49.1. The van der Waals surface area contributed by atoms with E-state index in [1.54, 1.807) is 36.7 Å². The van der Waals surface area contributed by atoms with Gasteiger partial charge in [-0.1, -0.05) is 0 Å². The highest BCUT2D eigenvalue weighted by Gasteiger charge is 2.16. The monoisotopic (exact) mass is 550 g/mol. The standard InChI is InChI=1S/C30H32F2N4O4/c1-35(21-7-9-23(33-17-21)19-13-25(37-3)29(31)26(14-19)38-4)11-12-36(2)22-8-10-24(34-18-22)20-15-27(39-5)30(32)28(16-20)40-6/h7-10,13-18H,11-12H2,1-6H3. The molecule has 10 heteroatoms. The second-order valence-corrected chi connectivity index (χ2v) is 9.04. The summed E-state index contributed by atoms with van der Waals surface area (Å²) in [5.74, 6) is -0.704. The number of ether oxygens (including phenoxy) is 4. The summed E-state index contributed by atoms with van der Waals surface area (Å²) in [4.78, 5) is 13.3. The van der Waals surface area contributed by atoms with Crippen LogP contribution in [0.1, 0.15) is 0 Å². The van der Waals surface area contributed by atoms with Gasteiger partial charge in [0.25, 0.3) is 0 Å². The minimum absolute atomic E-state index is 0.0972. The zero-order valence-electron chi connectivity index (χ0n) is 23.4. The van der Waals surface area contributed by atoms with Crippen LogP contribution in [-0.2, 0) is 0 Å². The van der Waals surface area contributed by atoms with Crippen LogP contribution >= 0.6 is 0 Å². The van der Waals surface area contributed by atoms with Crippen LogP contribution in [0, 0.1) is 11.6 Å². The van der Waals surface area contributed by atoms with Gasteiger partial charge in [0.2, 0.25) is 11.6 Å². The highest BCUT2D eigenvalue weighted by molar-refractivity contribution is 5.67. The van der Waals surface area contributed by atoms with Gasteiger partial charge in [-0.05, 0) is 48.5 Å². The zero-order chi connectivity index (χ0) is 28.8. The molecule has 8 nitrogen and oxygen atoms in total. The van der Waals surface area contributed by atoms with Gasteiger partial charge in [-0.2, -0.15) is 8.78 Å². The third kappa shape index (κ3) is 6.01. The molecule has 0 aliphatic heterocycles. The quantitative estimate of drug-likeness (QED) is 0.236. The summed E-state index contributed by atoms with van der Waals surface area (Å²) in [6, 6.07) is 14.1. The summed E-state index contributed by atoms with van der Waals surface area (Å²) in [6.45, 7) is 1.45.